The normalized spacial score (nSPS) is 29.5. The number of nitrogens with zero attached hydrogens (tertiary/aromatic N) is 3. The number of rotatable bonds is 3. The predicted octanol–water partition coefficient (Wildman–Crippen LogP) is 4.08. The second kappa shape index (κ2) is 8.79. The van der Waals surface area contributed by atoms with Crippen LogP contribution >= 0.6 is 0 Å². The third kappa shape index (κ3) is 4.30. The molecule has 3 aliphatic rings. The number of hydrazone groups is 1. The molecule has 0 N–H and O–H groups in total. The minimum absolute atomic E-state index is 0.140. The van der Waals surface area contributed by atoms with Crippen LogP contribution in [0.25, 0.3) is 0 Å². The third-order valence-electron chi connectivity index (χ3n) is 6.89. The van der Waals surface area contributed by atoms with Gasteiger partial charge in [-0.25, -0.2) is 4.79 Å². The van der Waals surface area contributed by atoms with Gasteiger partial charge in [-0.1, -0.05) is 39.0 Å². The second-order valence-electron chi connectivity index (χ2n) is 9.71. The van der Waals surface area contributed by atoms with E-state index < -0.39 is 11.8 Å². The minimum atomic E-state index is -0.634. The maximum Gasteiger partial charge on any atom is 0.430 e. The number of fused-ring (bicyclic) bond motifs is 1. The lowest BCUT2D eigenvalue weighted by Crippen LogP contribution is -2.70. The average Bonchev–Trinajstić information content (AvgIpc) is 2.78. The zero-order valence-electron chi connectivity index (χ0n) is 19.2. The van der Waals surface area contributed by atoms with E-state index in [4.69, 9.17) is 19.3 Å². The van der Waals surface area contributed by atoms with Crippen LogP contribution in [0, 0.1) is 11.3 Å². The van der Waals surface area contributed by atoms with Crippen LogP contribution in [0.3, 0.4) is 0 Å². The van der Waals surface area contributed by atoms with Gasteiger partial charge >= 0.3 is 6.09 Å². The summed E-state index contributed by atoms with van der Waals surface area (Å²) in [5, 5.41) is 6.28. The maximum atomic E-state index is 13.1. The molecule has 0 aromatic heterocycles. The van der Waals surface area contributed by atoms with E-state index in [1.54, 1.807) is 5.01 Å². The average molecular weight is 430 g/mol. The Morgan fingerprint density at radius 1 is 1.23 bits per heavy atom. The highest BCUT2D eigenvalue weighted by molar-refractivity contribution is 5.95. The second-order valence-corrected chi connectivity index (χ2v) is 9.71. The van der Waals surface area contributed by atoms with E-state index in [0.717, 1.165) is 37.9 Å². The van der Waals surface area contributed by atoms with Gasteiger partial charge in [0.05, 0.1) is 19.8 Å². The zero-order valence-corrected chi connectivity index (χ0v) is 19.2. The maximum absolute atomic E-state index is 13.1. The van der Waals surface area contributed by atoms with Gasteiger partial charge in [0.25, 0.3) is 0 Å². The lowest BCUT2D eigenvalue weighted by molar-refractivity contribution is -0.204. The predicted molar refractivity (Wildman–Crippen MR) is 119 cm³/mol. The molecule has 0 unspecified atom stereocenters. The van der Waals surface area contributed by atoms with Crippen molar-refractivity contribution in [2.45, 2.75) is 58.7 Å². The first-order valence-corrected chi connectivity index (χ1v) is 11.5. The van der Waals surface area contributed by atoms with Gasteiger partial charge in [-0.15, -0.1) is 5.10 Å². The molecule has 2 fully saturated rings. The van der Waals surface area contributed by atoms with Gasteiger partial charge < -0.3 is 14.2 Å². The molecule has 7 nitrogen and oxygen atoms in total. The SMILES string of the molecule is CCOC(=O)N1N=C(c2ccccc2)O[C@@]2(N3CCOCC3)CC[C@H](C(C)(C)C)C[C@@H]12. The van der Waals surface area contributed by atoms with Crippen LogP contribution in [0.15, 0.2) is 35.4 Å². The number of benzene rings is 1. The van der Waals surface area contributed by atoms with Gasteiger partial charge in [0.15, 0.2) is 5.72 Å². The summed E-state index contributed by atoms with van der Waals surface area (Å²) in [5.41, 5.74) is 0.368. The molecule has 1 amide bonds. The Morgan fingerprint density at radius 2 is 1.94 bits per heavy atom. The fraction of sp³-hybridized carbons (Fsp3) is 0.667. The summed E-state index contributed by atoms with van der Waals surface area (Å²) in [6, 6.07) is 9.60. The van der Waals surface area contributed by atoms with Crippen LogP contribution < -0.4 is 0 Å². The van der Waals surface area contributed by atoms with Crippen LogP contribution in [0.1, 0.15) is 52.5 Å². The Morgan fingerprint density at radius 3 is 2.58 bits per heavy atom. The highest BCUT2D eigenvalue weighted by Gasteiger charge is 2.58. The molecule has 0 radical (unpaired) electrons. The summed E-state index contributed by atoms with van der Waals surface area (Å²) in [4.78, 5) is 15.5. The lowest BCUT2D eigenvalue weighted by Gasteiger charge is -2.57. The fourth-order valence-corrected chi connectivity index (χ4v) is 5.10. The van der Waals surface area contributed by atoms with E-state index >= 15 is 0 Å². The van der Waals surface area contributed by atoms with Crippen molar-refractivity contribution in [3.05, 3.63) is 35.9 Å². The van der Waals surface area contributed by atoms with Crippen molar-refractivity contribution < 1.29 is 19.0 Å². The van der Waals surface area contributed by atoms with Gasteiger partial charge in [0.1, 0.15) is 6.04 Å². The summed E-state index contributed by atoms with van der Waals surface area (Å²) in [5.74, 6) is 0.936. The molecule has 1 aromatic carbocycles. The molecule has 0 spiro atoms. The Kier molecular flexibility index (Phi) is 6.26. The number of hydrogen-bond acceptors (Lipinski definition) is 6. The first-order chi connectivity index (χ1) is 14.8. The van der Waals surface area contributed by atoms with Crippen molar-refractivity contribution >= 4 is 12.0 Å². The number of carbonyl (C=O) groups excluding carboxylic acids is 1. The van der Waals surface area contributed by atoms with Crippen molar-refractivity contribution in [2.24, 2.45) is 16.4 Å². The van der Waals surface area contributed by atoms with Crippen LogP contribution in [-0.2, 0) is 14.2 Å². The molecule has 31 heavy (non-hydrogen) atoms. The number of ether oxygens (including phenoxy) is 3. The van der Waals surface area contributed by atoms with E-state index in [2.05, 4.69) is 25.7 Å². The van der Waals surface area contributed by atoms with E-state index in [-0.39, 0.29) is 11.5 Å². The Labute approximate surface area is 185 Å². The van der Waals surface area contributed by atoms with Gasteiger partial charge in [-0.05, 0) is 43.2 Å². The number of morpholine rings is 1. The first kappa shape index (κ1) is 22.1. The van der Waals surface area contributed by atoms with Crippen LogP contribution in [0.4, 0.5) is 4.79 Å². The summed E-state index contributed by atoms with van der Waals surface area (Å²) < 4.78 is 17.9. The molecule has 0 bridgehead atoms. The van der Waals surface area contributed by atoms with Crippen LogP contribution in [-0.4, -0.2) is 66.6 Å². The van der Waals surface area contributed by atoms with Crippen LogP contribution in [0.2, 0.25) is 0 Å². The highest BCUT2D eigenvalue weighted by atomic mass is 16.6. The lowest BCUT2D eigenvalue weighted by atomic mass is 9.67. The molecular weight excluding hydrogens is 394 g/mol. The molecule has 1 saturated heterocycles. The molecule has 2 heterocycles. The molecule has 2 aliphatic heterocycles. The third-order valence-corrected chi connectivity index (χ3v) is 6.89. The molecule has 1 aliphatic carbocycles. The number of hydrogen-bond donors (Lipinski definition) is 0. The quantitative estimate of drug-likeness (QED) is 0.724. The summed E-state index contributed by atoms with van der Waals surface area (Å²) in [6.45, 7) is 11.8. The fourth-order valence-electron chi connectivity index (χ4n) is 5.10. The Balaban J connectivity index is 1.79. The molecular formula is C24H35N3O4. The molecule has 7 heteroatoms. The van der Waals surface area contributed by atoms with Crippen molar-refractivity contribution in [3.63, 3.8) is 0 Å². The van der Waals surface area contributed by atoms with Crippen LogP contribution in [0.5, 0.6) is 0 Å². The van der Waals surface area contributed by atoms with Gasteiger partial charge in [0.2, 0.25) is 5.90 Å². The van der Waals surface area contributed by atoms with E-state index in [1.165, 1.54) is 0 Å². The van der Waals surface area contributed by atoms with E-state index in [1.807, 2.05) is 37.3 Å². The highest BCUT2D eigenvalue weighted by Crippen LogP contribution is 2.48. The molecule has 1 saturated carbocycles. The zero-order chi connectivity index (χ0) is 22.1. The Hall–Kier alpha value is -2.12. The monoisotopic (exact) mass is 429 g/mol. The molecule has 3 atom stereocenters. The summed E-state index contributed by atoms with van der Waals surface area (Å²) in [7, 11) is 0. The molecule has 170 valence electrons. The summed E-state index contributed by atoms with van der Waals surface area (Å²) >= 11 is 0. The number of amides is 1. The van der Waals surface area contributed by atoms with Crippen molar-refractivity contribution in [1.82, 2.24) is 9.91 Å². The van der Waals surface area contributed by atoms with Gasteiger partial charge in [-0.2, -0.15) is 5.01 Å². The van der Waals surface area contributed by atoms with Crippen molar-refractivity contribution in [2.75, 3.05) is 32.9 Å². The number of carbonyl (C=O) groups is 1. The van der Waals surface area contributed by atoms with E-state index in [9.17, 15) is 4.79 Å². The van der Waals surface area contributed by atoms with Gasteiger partial charge in [-0.3, -0.25) is 4.90 Å². The van der Waals surface area contributed by atoms with Gasteiger partial charge in [0, 0.05) is 25.1 Å². The summed E-state index contributed by atoms with van der Waals surface area (Å²) in [6.07, 6.45) is 2.29. The molecule has 4 rings (SSSR count). The van der Waals surface area contributed by atoms with Crippen molar-refractivity contribution in [3.8, 4) is 0 Å². The van der Waals surface area contributed by atoms with E-state index in [0.29, 0.717) is 31.6 Å². The smallest absolute Gasteiger partial charge is 0.430 e. The van der Waals surface area contributed by atoms with Crippen molar-refractivity contribution in [1.29, 1.82) is 0 Å². The minimum Gasteiger partial charge on any atom is -0.452 e. The largest absolute Gasteiger partial charge is 0.452 e. The molecule has 1 aromatic rings. The first-order valence-electron chi connectivity index (χ1n) is 11.5. The topological polar surface area (TPSA) is 63.6 Å². The Bertz CT molecular complexity index is 801. The standard InChI is InChI=1S/C24H35N3O4/c1-5-30-22(28)27-20-17-19(23(2,3)4)11-12-24(20,26-13-15-29-16-14-26)31-21(25-27)18-9-7-6-8-10-18/h6-10,19-20H,5,11-17H2,1-4H3/t19-,20+,24-/m0/s1.